The first-order valence-corrected chi connectivity index (χ1v) is 11.8. The van der Waals surface area contributed by atoms with E-state index in [0.717, 1.165) is 23.3 Å². The minimum Gasteiger partial charge on any atom is -0.491 e. The molecular formula is C26H34F2N4O. The Hall–Kier alpha value is -2.51. The summed E-state index contributed by atoms with van der Waals surface area (Å²) in [5.41, 5.74) is 3.02. The Kier molecular flexibility index (Phi) is 7.29. The first kappa shape index (κ1) is 23.6. The van der Waals surface area contributed by atoms with Gasteiger partial charge in [0.15, 0.2) is 0 Å². The zero-order chi connectivity index (χ0) is 23.4. The fourth-order valence-corrected chi connectivity index (χ4v) is 4.70. The van der Waals surface area contributed by atoms with Gasteiger partial charge in [-0.1, -0.05) is 18.2 Å². The lowest BCUT2D eigenvalue weighted by Crippen LogP contribution is -2.48. The molecule has 0 saturated heterocycles. The van der Waals surface area contributed by atoms with E-state index < -0.39 is 5.67 Å². The second kappa shape index (κ2) is 10.2. The van der Waals surface area contributed by atoms with Crippen molar-refractivity contribution in [3.05, 3.63) is 59.5 Å². The average Bonchev–Trinajstić information content (AvgIpc) is 3.14. The van der Waals surface area contributed by atoms with Crippen molar-refractivity contribution in [1.29, 1.82) is 0 Å². The molecule has 5 nitrogen and oxygen atoms in total. The maximum absolute atomic E-state index is 14.8. The number of fused-ring (bicyclic) bond motifs is 3. The average molecular weight is 457 g/mol. The number of alkyl halides is 2. The van der Waals surface area contributed by atoms with Crippen molar-refractivity contribution in [3.8, 4) is 5.75 Å². The molecule has 7 heteroatoms. The molecule has 0 radical (unpaired) electrons. The molecule has 3 heterocycles. The second-order valence-corrected chi connectivity index (χ2v) is 9.47. The van der Waals surface area contributed by atoms with Crippen LogP contribution in [0.1, 0.15) is 50.2 Å². The number of nitrogens with zero attached hydrogens (tertiary/aromatic N) is 2. The van der Waals surface area contributed by atoms with Crippen LogP contribution in [0.3, 0.4) is 0 Å². The summed E-state index contributed by atoms with van der Waals surface area (Å²) in [6.45, 7) is 7.21. The highest BCUT2D eigenvalue weighted by Crippen LogP contribution is 2.41. The third-order valence-electron chi connectivity index (χ3n) is 6.15. The normalized spacial score (nSPS) is 19.1. The number of hydrogen-bond acceptors (Lipinski definition) is 4. The Balaban J connectivity index is 1.59. The van der Waals surface area contributed by atoms with Gasteiger partial charge in [-0.2, -0.15) is 0 Å². The van der Waals surface area contributed by atoms with Crippen LogP contribution < -0.4 is 10.1 Å². The molecule has 2 aromatic heterocycles. The minimum absolute atomic E-state index is 0.164. The van der Waals surface area contributed by atoms with Crippen molar-refractivity contribution >= 4 is 10.9 Å². The Bertz CT molecular complexity index is 1040. The number of halogens is 2. The number of ether oxygens (including phenoxy) is 1. The summed E-state index contributed by atoms with van der Waals surface area (Å²) in [6, 6.07) is 12.2. The summed E-state index contributed by atoms with van der Waals surface area (Å²) >= 11 is 0. The molecule has 0 saturated carbocycles. The molecule has 2 N–H and O–H groups in total. The smallest absolute Gasteiger partial charge is 0.137 e. The summed E-state index contributed by atoms with van der Waals surface area (Å²) in [7, 11) is 0. The van der Waals surface area contributed by atoms with E-state index in [0.29, 0.717) is 38.4 Å². The molecule has 1 aromatic carbocycles. The van der Waals surface area contributed by atoms with Gasteiger partial charge in [0, 0.05) is 35.7 Å². The SMILES string of the molecule is C[C@@H]1Cc2c([nH]c3ccccc23)[C@H](c2ccc(OCCNCCCF)cn2)N1CC(C)(C)F. The van der Waals surface area contributed by atoms with E-state index in [9.17, 15) is 8.78 Å². The lowest BCUT2D eigenvalue weighted by Gasteiger charge is -2.42. The highest BCUT2D eigenvalue weighted by atomic mass is 19.1. The van der Waals surface area contributed by atoms with Crippen LogP contribution >= 0.6 is 0 Å². The largest absolute Gasteiger partial charge is 0.491 e. The molecule has 0 spiro atoms. The van der Waals surface area contributed by atoms with E-state index >= 15 is 0 Å². The van der Waals surface area contributed by atoms with Gasteiger partial charge in [-0.3, -0.25) is 14.3 Å². The molecule has 0 unspecified atom stereocenters. The van der Waals surface area contributed by atoms with E-state index in [1.165, 1.54) is 10.9 Å². The van der Waals surface area contributed by atoms with Crippen molar-refractivity contribution in [2.75, 3.05) is 32.9 Å². The summed E-state index contributed by atoms with van der Waals surface area (Å²) < 4.78 is 32.7. The van der Waals surface area contributed by atoms with Gasteiger partial charge in [0.1, 0.15) is 18.0 Å². The number of rotatable bonds is 10. The van der Waals surface area contributed by atoms with Gasteiger partial charge < -0.3 is 15.0 Å². The van der Waals surface area contributed by atoms with Gasteiger partial charge >= 0.3 is 0 Å². The Labute approximate surface area is 194 Å². The molecule has 178 valence electrons. The predicted octanol–water partition coefficient (Wildman–Crippen LogP) is 4.98. The van der Waals surface area contributed by atoms with Crippen LogP contribution in [0, 0.1) is 0 Å². The number of benzene rings is 1. The van der Waals surface area contributed by atoms with E-state index in [4.69, 9.17) is 9.72 Å². The first-order valence-electron chi connectivity index (χ1n) is 11.8. The van der Waals surface area contributed by atoms with Crippen LogP contribution in [-0.2, 0) is 6.42 Å². The second-order valence-electron chi connectivity index (χ2n) is 9.47. The number of pyridine rings is 1. The van der Waals surface area contributed by atoms with Crippen molar-refractivity contribution in [2.45, 2.75) is 51.4 Å². The summed E-state index contributed by atoms with van der Waals surface area (Å²) in [4.78, 5) is 10.6. The van der Waals surface area contributed by atoms with Gasteiger partial charge in [0.25, 0.3) is 0 Å². The van der Waals surface area contributed by atoms with E-state index in [2.05, 4.69) is 40.3 Å². The molecule has 0 bridgehead atoms. The number of para-hydroxylation sites is 1. The van der Waals surface area contributed by atoms with E-state index in [1.54, 1.807) is 20.0 Å². The predicted molar refractivity (Wildman–Crippen MR) is 128 cm³/mol. The summed E-state index contributed by atoms with van der Waals surface area (Å²) in [5, 5.41) is 4.37. The lowest BCUT2D eigenvalue weighted by molar-refractivity contribution is 0.0654. The van der Waals surface area contributed by atoms with E-state index in [1.807, 2.05) is 18.2 Å². The molecular weight excluding hydrogens is 422 g/mol. The number of hydrogen-bond donors (Lipinski definition) is 2. The van der Waals surface area contributed by atoms with Gasteiger partial charge in [0.2, 0.25) is 0 Å². The van der Waals surface area contributed by atoms with Crippen molar-refractivity contribution in [1.82, 2.24) is 20.2 Å². The minimum atomic E-state index is -1.33. The number of H-pyrrole nitrogens is 1. The first-order chi connectivity index (χ1) is 15.9. The third kappa shape index (κ3) is 5.53. The quantitative estimate of drug-likeness (QED) is 0.423. The molecule has 0 fully saturated rings. The van der Waals surface area contributed by atoms with Crippen LogP contribution in [0.15, 0.2) is 42.6 Å². The van der Waals surface area contributed by atoms with Gasteiger partial charge in [0.05, 0.1) is 24.6 Å². The van der Waals surface area contributed by atoms with Gasteiger partial charge in [-0.05, 0) is 63.9 Å². The van der Waals surface area contributed by atoms with E-state index in [-0.39, 0.29) is 18.8 Å². The number of nitrogens with one attached hydrogen (secondary N) is 2. The van der Waals surface area contributed by atoms with Crippen LogP contribution in [-0.4, -0.2) is 59.5 Å². The fourth-order valence-electron chi connectivity index (χ4n) is 4.70. The van der Waals surface area contributed by atoms with Crippen molar-refractivity contribution in [2.24, 2.45) is 0 Å². The zero-order valence-electron chi connectivity index (χ0n) is 19.7. The maximum atomic E-state index is 14.8. The number of aromatic amines is 1. The molecule has 2 atom stereocenters. The van der Waals surface area contributed by atoms with Gasteiger partial charge in [-0.25, -0.2) is 4.39 Å². The molecule has 0 amide bonds. The molecule has 0 aliphatic carbocycles. The molecule has 1 aliphatic heterocycles. The zero-order valence-corrected chi connectivity index (χ0v) is 19.7. The molecule has 1 aliphatic rings. The maximum Gasteiger partial charge on any atom is 0.137 e. The molecule has 3 aromatic rings. The van der Waals surface area contributed by atoms with Crippen LogP contribution in [0.25, 0.3) is 10.9 Å². The highest BCUT2D eigenvalue weighted by molar-refractivity contribution is 5.85. The Morgan fingerprint density at radius 2 is 2.03 bits per heavy atom. The standard InChI is InChI=1S/C26H34F2N4O/c1-18-15-21-20-7-4-5-8-22(20)31-24(21)25(32(18)17-26(2,3)28)23-10-9-19(16-30-23)33-14-13-29-12-6-11-27/h4-5,7-10,16,18,25,29,31H,6,11-15,17H2,1-3H3/t18-,25+/m1/s1. The van der Waals surface area contributed by atoms with Crippen molar-refractivity contribution in [3.63, 3.8) is 0 Å². The lowest BCUT2D eigenvalue weighted by atomic mass is 9.89. The fraction of sp³-hybridized carbons (Fsp3) is 0.500. The number of aromatic nitrogens is 2. The summed E-state index contributed by atoms with van der Waals surface area (Å²) in [6.07, 6.45) is 3.11. The third-order valence-corrected chi connectivity index (χ3v) is 6.15. The van der Waals surface area contributed by atoms with Crippen LogP contribution in [0.4, 0.5) is 8.78 Å². The molecule has 33 heavy (non-hydrogen) atoms. The van der Waals surface area contributed by atoms with Crippen LogP contribution in [0.5, 0.6) is 5.75 Å². The Morgan fingerprint density at radius 3 is 2.76 bits per heavy atom. The monoisotopic (exact) mass is 456 g/mol. The van der Waals surface area contributed by atoms with Crippen LogP contribution in [0.2, 0.25) is 0 Å². The molecule has 4 rings (SSSR count). The topological polar surface area (TPSA) is 53.2 Å². The van der Waals surface area contributed by atoms with Gasteiger partial charge in [-0.15, -0.1) is 0 Å². The summed E-state index contributed by atoms with van der Waals surface area (Å²) in [5.74, 6) is 0.684. The van der Waals surface area contributed by atoms with Crippen molar-refractivity contribution < 1.29 is 13.5 Å². The highest BCUT2D eigenvalue weighted by Gasteiger charge is 2.39. The Morgan fingerprint density at radius 1 is 1.21 bits per heavy atom.